The molecule has 0 aliphatic carbocycles. The van der Waals surface area contributed by atoms with Gasteiger partial charge in [-0.15, -0.1) is 0 Å². The molecule has 0 bridgehead atoms. The number of rotatable bonds is 5. The Hall–Kier alpha value is -2.04. The fraction of sp³-hybridized carbons (Fsp3) is 0.364. The predicted octanol–water partition coefficient (Wildman–Crippen LogP) is 5.04. The number of likely N-dealkylation sites (tertiary alicyclic amines) is 1. The van der Waals surface area contributed by atoms with Gasteiger partial charge in [-0.25, -0.2) is 4.39 Å². The van der Waals surface area contributed by atoms with Crippen LogP contribution in [0.15, 0.2) is 30.3 Å². The molecule has 164 valence electrons. The second-order valence-corrected chi connectivity index (χ2v) is 9.24. The molecule has 1 heterocycles. The van der Waals surface area contributed by atoms with Crippen LogP contribution in [0.1, 0.15) is 31.4 Å². The molecule has 2 aromatic carbocycles. The lowest BCUT2D eigenvalue weighted by molar-refractivity contribution is -0.146. The zero-order chi connectivity index (χ0) is 22.9. The molecule has 31 heavy (non-hydrogen) atoms. The molecule has 5 nitrogen and oxygen atoms in total. The lowest BCUT2D eigenvalue weighted by Gasteiger charge is -2.32. The molecule has 1 N–H and O–H groups in total. The Morgan fingerprint density at radius 1 is 1.26 bits per heavy atom. The summed E-state index contributed by atoms with van der Waals surface area (Å²) in [7, 11) is 0. The van der Waals surface area contributed by atoms with E-state index in [0.717, 1.165) is 0 Å². The molecule has 0 spiro atoms. The lowest BCUT2D eigenvalue weighted by atomic mass is 10.1. The summed E-state index contributed by atoms with van der Waals surface area (Å²) in [4.78, 5) is 16.1. The molecule has 1 aliphatic rings. The summed E-state index contributed by atoms with van der Waals surface area (Å²) in [5.74, 6) is -0.937. The molecule has 3 rings (SSSR count). The highest BCUT2D eigenvalue weighted by molar-refractivity contribution is 6.35. The number of carbonyl (C=O) groups is 1. The second kappa shape index (κ2) is 9.22. The van der Waals surface area contributed by atoms with Crippen LogP contribution in [0.25, 0.3) is 0 Å². The Bertz CT molecular complexity index is 1050. The molecular weight excluding hydrogens is 464 g/mol. The average Bonchev–Trinajstić information content (AvgIpc) is 3.18. The van der Waals surface area contributed by atoms with Crippen LogP contribution in [0.5, 0.6) is 0 Å². The highest BCUT2D eigenvalue weighted by Crippen LogP contribution is 2.32. The van der Waals surface area contributed by atoms with E-state index in [4.69, 9.17) is 34.8 Å². The van der Waals surface area contributed by atoms with Gasteiger partial charge in [0.15, 0.2) is 0 Å². The number of benzene rings is 2. The maximum atomic E-state index is 14.1. The van der Waals surface area contributed by atoms with Crippen molar-refractivity contribution in [2.75, 3.05) is 18.0 Å². The first-order chi connectivity index (χ1) is 14.5. The van der Waals surface area contributed by atoms with E-state index in [0.29, 0.717) is 46.4 Å². The van der Waals surface area contributed by atoms with Crippen molar-refractivity contribution in [3.63, 3.8) is 0 Å². The zero-order valence-electron chi connectivity index (χ0n) is 17.0. The van der Waals surface area contributed by atoms with Gasteiger partial charge in [0.25, 0.3) is 5.91 Å². The first-order valence-electron chi connectivity index (χ1n) is 9.62. The Morgan fingerprint density at radius 2 is 1.97 bits per heavy atom. The number of anilines is 1. The van der Waals surface area contributed by atoms with E-state index in [1.54, 1.807) is 23.1 Å². The standard InChI is InChI=1S/C22H21Cl3FN3O2/c1-22(2,31)21(30)28-6-5-16(12-28)29(15-4-3-13(10-27)17(23)8-15)11-14-7-20(26)19(25)9-18(14)24/h3-4,7-9,16,31H,5-6,11-12H2,1-2H3/t16-/m0/s1. The molecule has 0 saturated carbocycles. The molecule has 0 unspecified atom stereocenters. The fourth-order valence-electron chi connectivity index (χ4n) is 3.64. The third kappa shape index (κ3) is 5.24. The topological polar surface area (TPSA) is 67.6 Å². The molecule has 1 amide bonds. The van der Waals surface area contributed by atoms with Crippen LogP contribution in [0.3, 0.4) is 0 Å². The smallest absolute Gasteiger partial charge is 0.254 e. The van der Waals surface area contributed by atoms with Crippen molar-refractivity contribution in [1.29, 1.82) is 5.26 Å². The number of hydrogen-bond acceptors (Lipinski definition) is 4. The number of nitriles is 1. The normalized spacial score (nSPS) is 16.3. The summed E-state index contributed by atoms with van der Waals surface area (Å²) in [6, 6.07) is 9.58. The van der Waals surface area contributed by atoms with E-state index in [1.165, 1.54) is 26.0 Å². The number of amides is 1. The van der Waals surface area contributed by atoms with Crippen molar-refractivity contribution in [2.45, 2.75) is 38.5 Å². The van der Waals surface area contributed by atoms with Crippen molar-refractivity contribution < 1.29 is 14.3 Å². The van der Waals surface area contributed by atoms with Crippen molar-refractivity contribution in [1.82, 2.24) is 4.90 Å². The minimum atomic E-state index is -1.47. The third-order valence-electron chi connectivity index (χ3n) is 5.25. The molecule has 0 aromatic heterocycles. The van der Waals surface area contributed by atoms with Crippen LogP contribution in [-0.2, 0) is 11.3 Å². The van der Waals surface area contributed by atoms with E-state index >= 15 is 0 Å². The van der Waals surface area contributed by atoms with Crippen LogP contribution in [0.2, 0.25) is 15.1 Å². The molecule has 2 aromatic rings. The fourth-order valence-corrected chi connectivity index (χ4v) is 4.30. The van der Waals surface area contributed by atoms with Gasteiger partial charge in [-0.1, -0.05) is 34.8 Å². The minimum Gasteiger partial charge on any atom is -0.381 e. The molecular formula is C22H21Cl3FN3O2. The maximum Gasteiger partial charge on any atom is 0.254 e. The van der Waals surface area contributed by atoms with Gasteiger partial charge in [0.1, 0.15) is 17.5 Å². The lowest BCUT2D eigenvalue weighted by Crippen LogP contribution is -2.46. The van der Waals surface area contributed by atoms with Crippen molar-refractivity contribution in [3.8, 4) is 6.07 Å². The SMILES string of the molecule is CC(C)(O)C(=O)N1CC[C@H](N(Cc2cc(F)c(Cl)cc2Cl)c2ccc(C#N)c(Cl)c2)C1. The van der Waals surface area contributed by atoms with Crippen LogP contribution in [0.4, 0.5) is 10.1 Å². The number of nitrogens with zero attached hydrogens (tertiary/aromatic N) is 3. The van der Waals surface area contributed by atoms with Crippen molar-refractivity contribution in [3.05, 3.63) is 62.3 Å². The summed E-state index contributed by atoms with van der Waals surface area (Å²) in [6.45, 7) is 3.99. The first-order valence-corrected chi connectivity index (χ1v) is 10.8. The third-order valence-corrected chi connectivity index (χ3v) is 6.20. The monoisotopic (exact) mass is 483 g/mol. The second-order valence-electron chi connectivity index (χ2n) is 8.01. The van der Waals surface area contributed by atoms with E-state index in [1.807, 2.05) is 11.0 Å². The van der Waals surface area contributed by atoms with Gasteiger partial charge in [0, 0.05) is 36.4 Å². The maximum absolute atomic E-state index is 14.1. The van der Waals surface area contributed by atoms with Gasteiger partial charge >= 0.3 is 0 Å². The van der Waals surface area contributed by atoms with Crippen LogP contribution in [-0.4, -0.2) is 40.6 Å². The Kier molecular flexibility index (Phi) is 7.02. The van der Waals surface area contributed by atoms with Crippen LogP contribution < -0.4 is 4.90 Å². The van der Waals surface area contributed by atoms with Gasteiger partial charge in [-0.2, -0.15) is 5.26 Å². The van der Waals surface area contributed by atoms with Gasteiger partial charge in [-0.3, -0.25) is 4.79 Å². The van der Waals surface area contributed by atoms with Crippen molar-refractivity contribution >= 4 is 46.4 Å². The number of aliphatic hydroxyl groups is 1. The summed E-state index contributed by atoms with van der Waals surface area (Å²) in [5.41, 5.74) is 0.0978. The molecule has 1 aliphatic heterocycles. The van der Waals surface area contributed by atoms with Crippen LogP contribution >= 0.6 is 34.8 Å². The largest absolute Gasteiger partial charge is 0.381 e. The van der Waals surface area contributed by atoms with Gasteiger partial charge < -0.3 is 14.9 Å². The first kappa shape index (κ1) is 23.6. The molecule has 1 atom stereocenters. The highest BCUT2D eigenvalue weighted by atomic mass is 35.5. The summed E-state index contributed by atoms with van der Waals surface area (Å²) < 4.78 is 14.1. The van der Waals surface area contributed by atoms with Crippen molar-refractivity contribution in [2.24, 2.45) is 0 Å². The Morgan fingerprint density at radius 3 is 2.58 bits per heavy atom. The Balaban J connectivity index is 1.96. The molecule has 0 radical (unpaired) electrons. The number of carbonyl (C=O) groups excluding carboxylic acids is 1. The van der Waals surface area contributed by atoms with Gasteiger partial charge in [0.05, 0.1) is 15.6 Å². The van der Waals surface area contributed by atoms with E-state index in [-0.39, 0.29) is 23.5 Å². The number of hydrogen-bond donors (Lipinski definition) is 1. The Labute approximate surface area is 195 Å². The zero-order valence-corrected chi connectivity index (χ0v) is 19.3. The molecule has 1 fully saturated rings. The quantitative estimate of drug-likeness (QED) is 0.604. The summed E-state index contributed by atoms with van der Waals surface area (Å²) in [5, 5.41) is 19.8. The minimum absolute atomic E-state index is 0.0652. The van der Waals surface area contributed by atoms with E-state index in [9.17, 15) is 19.6 Å². The summed E-state index contributed by atoms with van der Waals surface area (Å²) >= 11 is 18.4. The van der Waals surface area contributed by atoms with Gasteiger partial charge in [-0.05, 0) is 56.2 Å². The summed E-state index contributed by atoms with van der Waals surface area (Å²) in [6.07, 6.45) is 0.632. The molecule has 9 heteroatoms. The van der Waals surface area contributed by atoms with Crippen LogP contribution in [0, 0.1) is 17.1 Å². The van der Waals surface area contributed by atoms with Gasteiger partial charge in [0.2, 0.25) is 0 Å². The van der Waals surface area contributed by atoms with E-state index < -0.39 is 11.4 Å². The molecule has 1 saturated heterocycles. The number of halogens is 4. The average molecular weight is 485 g/mol. The van der Waals surface area contributed by atoms with E-state index in [2.05, 4.69) is 0 Å². The highest BCUT2D eigenvalue weighted by Gasteiger charge is 2.36. The predicted molar refractivity (Wildman–Crippen MR) is 120 cm³/mol.